The van der Waals surface area contributed by atoms with Crippen molar-refractivity contribution in [3.05, 3.63) is 46.2 Å². The summed E-state index contributed by atoms with van der Waals surface area (Å²) in [6.45, 7) is 5.89. The maximum atomic E-state index is 12.6. The highest BCUT2D eigenvalue weighted by Crippen LogP contribution is 2.33. The third-order valence-electron chi connectivity index (χ3n) is 5.54. The third kappa shape index (κ3) is 4.10. The first kappa shape index (κ1) is 17.6. The second kappa shape index (κ2) is 7.80. The van der Waals surface area contributed by atoms with Gasteiger partial charge in [0.1, 0.15) is 5.75 Å². The number of anilines is 1. The molecule has 0 unspecified atom stereocenters. The van der Waals surface area contributed by atoms with Gasteiger partial charge in [-0.05, 0) is 67.3 Å². The van der Waals surface area contributed by atoms with Crippen LogP contribution in [0.2, 0.25) is 0 Å². The maximum absolute atomic E-state index is 12.6. The molecule has 2 aliphatic rings. The highest BCUT2D eigenvalue weighted by molar-refractivity contribution is 7.09. The normalized spacial score (nSPS) is 24.1. The molecule has 1 N–H and O–H groups in total. The summed E-state index contributed by atoms with van der Waals surface area (Å²) in [5.41, 5.74) is 1.94. The van der Waals surface area contributed by atoms with Crippen LogP contribution in [-0.2, 0) is 11.3 Å². The second-order valence-corrected chi connectivity index (χ2v) is 8.54. The van der Waals surface area contributed by atoms with Crippen LogP contribution in [0.15, 0.2) is 35.7 Å². The Morgan fingerprint density at radius 1 is 1.27 bits per heavy atom. The molecule has 4 nitrogen and oxygen atoms in total. The van der Waals surface area contributed by atoms with Gasteiger partial charge in [0.2, 0.25) is 5.91 Å². The van der Waals surface area contributed by atoms with Gasteiger partial charge in [-0.3, -0.25) is 9.69 Å². The third-order valence-corrected chi connectivity index (χ3v) is 6.40. The van der Waals surface area contributed by atoms with E-state index in [0.717, 1.165) is 49.5 Å². The van der Waals surface area contributed by atoms with Crippen molar-refractivity contribution in [1.82, 2.24) is 4.90 Å². The number of piperidine rings is 1. The molecule has 5 heteroatoms. The van der Waals surface area contributed by atoms with Crippen LogP contribution in [0.25, 0.3) is 0 Å². The van der Waals surface area contributed by atoms with E-state index in [-0.39, 0.29) is 5.91 Å². The second-order valence-electron chi connectivity index (χ2n) is 7.51. The van der Waals surface area contributed by atoms with Gasteiger partial charge >= 0.3 is 0 Å². The number of carbonyl (C=O) groups is 1. The molecule has 1 aromatic carbocycles. The SMILES string of the molecule is Cc1ccc2c(c1)NC(=O)C[C@@H]1CCN(Cc3cccs3)C[C@@H]1CCO2. The fourth-order valence-corrected chi connectivity index (χ4v) is 4.89. The topological polar surface area (TPSA) is 41.6 Å². The van der Waals surface area contributed by atoms with E-state index in [2.05, 4.69) is 27.7 Å². The zero-order valence-corrected chi connectivity index (χ0v) is 16.1. The molecule has 2 aromatic rings. The van der Waals surface area contributed by atoms with Gasteiger partial charge in [-0.25, -0.2) is 0 Å². The zero-order valence-electron chi connectivity index (χ0n) is 15.2. The van der Waals surface area contributed by atoms with E-state index in [4.69, 9.17) is 4.74 Å². The number of hydrogen-bond donors (Lipinski definition) is 1. The number of nitrogens with one attached hydrogen (secondary N) is 1. The fraction of sp³-hybridized carbons (Fsp3) is 0.476. The molecule has 0 spiro atoms. The average molecular weight is 371 g/mol. The summed E-state index contributed by atoms with van der Waals surface area (Å²) in [6.07, 6.45) is 2.71. The Morgan fingerprint density at radius 3 is 3.04 bits per heavy atom. The van der Waals surface area contributed by atoms with Gasteiger partial charge in [-0.2, -0.15) is 0 Å². The van der Waals surface area contributed by atoms with Crippen LogP contribution in [0.4, 0.5) is 5.69 Å². The molecule has 2 atom stereocenters. The van der Waals surface area contributed by atoms with E-state index in [0.29, 0.717) is 24.9 Å². The Bertz CT molecular complexity index is 759. The summed E-state index contributed by atoms with van der Waals surface area (Å²) in [5, 5.41) is 5.22. The molecule has 1 saturated heterocycles. The monoisotopic (exact) mass is 370 g/mol. The van der Waals surface area contributed by atoms with Crippen LogP contribution in [0, 0.1) is 18.8 Å². The van der Waals surface area contributed by atoms with Crippen molar-refractivity contribution in [3.63, 3.8) is 0 Å². The molecule has 138 valence electrons. The highest BCUT2D eigenvalue weighted by atomic mass is 32.1. The van der Waals surface area contributed by atoms with Crippen LogP contribution in [0.5, 0.6) is 5.75 Å². The van der Waals surface area contributed by atoms with E-state index in [9.17, 15) is 4.79 Å². The minimum Gasteiger partial charge on any atom is -0.491 e. The number of amides is 1. The number of rotatable bonds is 2. The largest absolute Gasteiger partial charge is 0.491 e. The number of carbonyl (C=O) groups excluding carboxylic acids is 1. The molecule has 0 bridgehead atoms. The van der Waals surface area contributed by atoms with Gasteiger partial charge in [-0.1, -0.05) is 12.1 Å². The molecule has 2 aliphatic heterocycles. The smallest absolute Gasteiger partial charge is 0.224 e. The zero-order chi connectivity index (χ0) is 17.9. The predicted molar refractivity (Wildman–Crippen MR) is 106 cm³/mol. The lowest BCUT2D eigenvalue weighted by Crippen LogP contribution is -2.42. The Morgan fingerprint density at radius 2 is 2.19 bits per heavy atom. The summed E-state index contributed by atoms with van der Waals surface area (Å²) in [6, 6.07) is 10.3. The number of hydrogen-bond acceptors (Lipinski definition) is 4. The van der Waals surface area contributed by atoms with E-state index in [1.165, 1.54) is 4.88 Å². The lowest BCUT2D eigenvalue weighted by atomic mass is 9.81. The summed E-state index contributed by atoms with van der Waals surface area (Å²) in [7, 11) is 0. The minimum atomic E-state index is 0.115. The van der Waals surface area contributed by atoms with Crippen molar-refractivity contribution in [3.8, 4) is 5.75 Å². The van der Waals surface area contributed by atoms with Gasteiger partial charge < -0.3 is 10.1 Å². The van der Waals surface area contributed by atoms with Gasteiger partial charge in [0, 0.05) is 24.4 Å². The van der Waals surface area contributed by atoms with Crippen LogP contribution in [0.1, 0.15) is 29.7 Å². The van der Waals surface area contributed by atoms with Crippen LogP contribution < -0.4 is 10.1 Å². The number of aryl methyl sites for hydroxylation is 1. The molecule has 0 saturated carbocycles. The molecule has 1 fully saturated rings. The van der Waals surface area contributed by atoms with Crippen molar-refractivity contribution >= 4 is 22.9 Å². The van der Waals surface area contributed by atoms with Gasteiger partial charge in [0.05, 0.1) is 12.3 Å². The van der Waals surface area contributed by atoms with Crippen LogP contribution in [-0.4, -0.2) is 30.5 Å². The first-order valence-electron chi connectivity index (χ1n) is 9.45. The number of nitrogens with zero attached hydrogens (tertiary/aromatic N) is 1. The first-order valence-corrected chi connectivity index (χ1v) is 10.3. The molecule has 1 aromatic heterocycles. The average Bonchev–Trinajstić information content (AvgIpc) is 3.11. The summed E-state index contributed by atoms with van der Waals surface area (Å²) < 4.78 is 6.03. The summed E-state index contributed by atoms with van der Waals surface area (Å²) in [5.74, 6) is 1.86. The van der Waals surface area contributed by atoms with Crippen molar-refractivity contribution in [2.24, 2.45) is 11.8 Å². The van der Waals surface area contributed by atoms with Gasteiger partial charge in [0.15, 0.2) is 0 Å². The summed E-state index contributed by atoms with van der Waals surface area (Å²) >= 11 is 1.82. The molecule has 0 radical (unpaired) electrons. The van der Waals surface area contributed by atoms with Crippen LogP contribution in [0.3, 0.4) is 0 Å². The Labute approximate surface area is 159 Å². The van der Waals surface area contributed by atoms with Crippen molar-refractivity contribution in [2.45, 2.75) is 32.7 Å². The summed E-state index contributed by atoms with van der Waals surface area (Å²) in [4.78, 5) is 16.5. The highest BCUT2D eigenvalue weighted by Gasteiger charge is 2.31. The predicted octanol–water partition coefficient (Wildman–Crippen LogP) is 4.31. The van der Waals surface area contributed by atoms with Crippen molar-refractivity contribution in [2.75, 3.05) is 25.0 Å². The number of fused-ring (bicyclic) bond motifs is 2. The molecule has 4 rings (SSSR count). The first-order chi connectivity index (χ1) is 12.7. The van der Waals surface area contributed by atoms with Crippen molar-refractivity contribution < 1.29 is 9.53 Å². The lowest BCUT2D eigenvalue weighted by molar-refractivity contribution is -0.118. The lowest BCUT2D eigenvalue weighted by Gasteiger charge is -2.38. The van der Waals surface area contributed by atoms with Crippen LogP contribution >= 0.6 is 11.3 Å². The number of benzene rings is 1. The molecular weight excluding hydrogens is 344 g/mol. The minimum absolute atomic E-state index is 0.115. The fourth-order valence-electron chi connectivity index (χ4n) is 4.15. The van der Waals surface area contributed by atoms with E-state index in [1.807, 2.05) is 36.5 Å². The number of ether oxygens (including phenoxy) is 1. The Hall–Kier alpha value is -1.85. The van der Waals surface area contributed by atoms with Crippen molar-refractivity contribution in [1.29, 1.82) is 0 Å². The molecular formula is C21H26N2O2S. The molecule has 3 heterocycles. The number of thiophene rings is 1. The standard InChI is InChI=1S/C21H26N2O2S/c1-15-4-5-20-19(11-15)22-21(24)12-16-6-8-23(13-17(16)7-9-25-20)14-18-3-2-10-26-18/h2-5,10-11,16-17H,6-9,12-14H2,1H3,(H,22,24)/t16-,17-/m0/s1. The molecule has 0 aliphatic carbocycles. The van der Waals surface area contributed by atoms with Gasteiger partial charge in [-0.15, -0.1) is 11.3 Å². The number of likely N-dealkylation sites (tertiary alicyclic amines) is 1. The Balaban J connectivity index is 1.46. The van der Waals surface area contributed by atoms with E-state index in [1.54, 1.807) is 0 Å². The molecule has 1 amide bonds. The maximum Gasteiger partial charge on any atom is 0.224 e. The van der Waals surface area contributed by atoms with E-state index < -0.39 is 0 Å². The quantitative estimate of drug-likeness (QED) is 0.857. The van der Waals surface area contributed by atoms with E-state index >= 15 is 0 Å². The Kier molecular flexibility index (Phi) is 5.27. The molecule has 26 heavy (non-hydrogen) atoms. The van der Waals surface area contributed by atoms with Gasteiger partial charge in [0.25, 0.3) is 0 Å².